The molecule has 0 amide bonds. The quantitative estimate of drug-likeness (QED) is 0.658. The van der Waals surface area contributed by atoms with Crippen molar-refractivity contribution in [2.45, 2.75) is 13.0 Å². The standard InChI is InChI=1S/C7H10N4/c1-6(4-8)11-3-2-10-7(11)5-9/h2-3,6H,4,8H2,1H3. The Bertz CT molecular complexity index is 270. The second kappa shape index (κ2) is 3.17. The fourth-order valence-corrected chi connectivity index (χ4v) is 0.869. The Morgan fingerprint density at radius 3 is 3.18 bits per heavy atom. The van der Waals surface area contributed by atoms with E-state index in [1.807, 2.05) is 13.0 Å². The van der Waals surface area contributed by atoms with Crippen LogP contribution in [0.15, 0.2) is 12.4 Å². The molecular weight excluding hydrogens is 140 g/mol. The summed E-state index contributed by atoms with van der Waals surface area (Å²) in [5, 5.41) is 8.58. The van der Waals surface area contributed by atoms with Gasteiger partial charge in [0, 0.05) is 25.0 Å². The highest BCUT2D eigenvalue weighted by molar-refractivity contribution is 5.12. The maximum Gasteiger partial charge on any atom is 0.213 e. The van der Waals surface area contributed by atoms with E-state index in [0.29, 0.717) is 12.4 Å². The van der Waals surface area contributed by atoms with Gasteiger partial charge < -0.3 is 10.3 Å². The number of rotatable bonds is 2. The predicted octanol–water partition coefficient (Wildman–Crippen LogP) is 0.274. The molecule has 0 aliphatic rings. The zero-order valence-corrected chi connectivity index (χ0v) is 6.36. The van der Waals surface area contributed by atoms with Gasteiger partial charge >= 0.3 is 0 Å². The van der Waals surface area contributed by atoms with Gasteiger partial charge in [0.15, 0.2) is 0 Å². The highest BCUT2D eigenvalue weighted by Crippen LogP contribution is 2.05. The van der Waals surface area contributed by atoms with Crippen LogP contribution in [-0.2, 0) is 0 Å². The molecule has 4 heteroatoms. The topological polar surface area (TPSA) is 67.6 Å². The lowest BCUT2D eigenvalue weighted by atomic mass is 10.3. The first kappa shape index (κ1) is 7.76. The molecule has 2 N–H and O–H groups in total. The third kappa shape index (κ3) is 1.38. The van der Waals surface area contributed by atoms with Crippen LogP contribution in [0.4, 0.5) is 0 Å². The Balaban J connectivity index is 2.95. The van der Waals surface area contributed by atoms with Gasteiger partial charge in [0.1, 0.15) is 6.07 Å². The molecule has 1 aromatic heterocycles. The number of hydrogen-bond donors (Lipinski definition) is 1. The lowest BCUT2D eigenvalue weighted by molar-refractivity contribution is 0.552. The maximum atomic E-state index is 8.58. The van der Waals surface area contributed by atoms with Gasteiger partial charge in [-0.2, -0.15) is 5.26 Å². The molecule has 0 fully saturated rings. The van der Waals surface area contributed by atoms with Gasteiger partial charge in [-0.3, -0.25) is 0 Å². The molecule has 0 spiro atoms. The zero-order valence-electron chi connectivity index (χ0n) is 6.36. The largest absolute Gasteiger partial charge is 0.328 e. The molecule has 0 aliphatic carbocycles. The number of nitrogens with zero attached hydrogens (tertiary/aromatic N) is 3. The van der Waals surface area contributed by atoms with Crippen molar-refractivity contribution < 1.29 is 0 Å². The molecule has 0 bridgehead atoms. The fraction of sp³-hybridized carbons (Fsp3) is 0.429. The Hall–Kier alpha value is -1.34. The summed E-state index contributed by atoms with van der Waals surface area (Å²) in [6.07, 6.45) is 3.36. The molecule has 0 saturated carbocycles. The van der Waals surface area contributed by atoms with Crippen LogP contribution in [0.3, 0.4) is 0 Å². The van der Waals surface area contributed by atoms with Gasteiger partial charge in [-0.05, 0) is 6.92 Å². The fourth-order valence-electron chi connectivity index (χ4n) is 0.869. The van der Waals surface area contributed by atoms with E-state index in [9.17, 15) is 0 Å². The van der Waals surface area contributed by atoms with E-state index in [1.165, 1.54) is 0 Å². The van der Waals surface area contributed by atoms with Crippen molar-refractivity contribution in [2.75, 3.05) is 6.54 Å². The molecule has 0 radical (unpaired) electrons. The van der Waals surface area contributed by atoms with Crippen molar-refractivity contribution in [2.24, 2.45) is 5.73 Å². The van der Waals surface area contributed by atoms with E-state index < -0.39 is 0 Å². The van der Waals surface area contributed by atoms with Gasteiger partial charge in [0.2, 0.25) is 5.82 Å². The number of hydrogen-bond acceptors (Lipinski definition) is 3. The first-order valence-electron chi connectivity index (χ1n) is 3.42. The molecule has 1 rings (SSSR count). The molecule has 0 aromatic carbocycles. The zero-order chi connectivity index (χ0) is 8.27. The van der Waals surface area contributed by atoms with Gasteiger partial charge in [0.05, 0.1) is 0 Å². The van der Waals surface area contributed by atoms with Gasteiger partial charge in [-0.15, -0.1) is 0 Å². The van der Waals surface area contributed by atoms with Crippen molar-refractivity contribution in [3.63, 3.8) is 0 Å². The molecule has 1 aromatic rings. The summed E-state index contributed by atoms with van der Waals surface area (Å²) in [4.78, 5) is 3.85. The number of imidazole rings is 1. The van der Waals surface area contributed by atoms with Crippen LogP contribution in [0.5, 0.6) is 0 Å². The minimum Gasteiger partial charge on any atom is -0.328 e. The Morgan fingerprint density at radius 2 is 2.64 bits per heavy atom. The predicted molar refractivity (Wildman–Crippen MR) is 40.7 cm³/mol. The van der Waals surface area contributed by atoms with Gasteiger partial charge in [-0.1, -0.05) is 0 Å². The summed E-state index contributed by atoms with van der Waals surface area (Å²) in [7, 11) is 0. The van der Waals surface area contributed by atoms with E-state index in [-0.39, 0.29) is 6.04 Å². The molecule has 1 atom stereocenters. The van der Waals surface area contributed by atoms with Crippen molar-refractivity contribution in [3.05, 3.63) is 18.2 Å². The second-order valence-corrected chi connectivity index (χ2v) is 2.35. The van der Waals surface area contributed by atoms with Crippen LogP contribution in [0.1, 0.15) is 18.8 Å². The molecule has 58 valence electrons. The minimum absolute atomic E-state index is 0.146. The Kier molecular flexibility index (Phi) is 2.24. The average molecular weight is 150 g/mol. The SMILES string of the molecule is CC(CN)n1ccnc1C#N. The van der Waals surface area contributed by atoms with Crippen LogP contribution in [-0.4, -0.2) is 16.1 Å². The molecule has 0 saturated heterocycles. The third-order valence-electron chi connectivity index (χ3n) is 1.58. The summed E-state index contributed by atoms with van der Waals surface area (Å²) in [5.74, 6) is 0.419. The number of nitriles is 1. The van der Waals surface area contributed by atoms with Gasteiger partial charge in [0.25, 0.3) is 0 Å². The average Bonchev–Trinajstić information content (AvgIpc) is 2.50. The summed E-state index contributed by atoms with van der Waals surface area (Å²) < 4.78 is 1.76. The second-order valence-electron chi connectivity index (χ2n) is 2.35. The third-order valence-corrected chi connectivity index (χ3v) is 1.58. The maximum absolute atomic E-state index is 8.58. The lowest BCUT2D eigenvalue weighted by Gasteiger charge is -2.09. The van der Waals surface area contributed by atoms with E-state index in [2.05, 4.69) is 4.98 Å². The molecule has 11 heavy (non-hydrogen) atoms. The summed E-state index contributed by atoms with van der Waals surface area (Å²) in [6, 6.07) is 2.13. The van der Waals surface area contributed by atoms with Crippen molar-refractivity contribution in [1.82, 2.24) is 9.55 Å². The van der Waals surface area contributed by atoms with E-state index in [1.54, 1.807) is 17.0 Å². The first-order chi connectivity index (χ1) is 5.29. The summed E-state index contributed by atoms with van der Waals surface area (Å²) in [5.41, 5.74) is 5.43. The van der Waals surface area contributed by atoms with Crippen LogP contribution in [0, 0.1) is 11.3 Å². The molecule has 1 unspecified atom stereocenters. The molecular formula is C7H10N4. The van der Waals surface area contributed by atoms with E-state index in [4.69, 9.17) is 11.0 Å². The van der Waals surface area contributed by atoms with Crippen molar-refractivity contribution in [1.29, 1.82) is 5.26 Å². The monoisotopic (exact) mass is 150 g/mol. The van der Waals surface area contributed by atoms with E-state index >= 15 is 0 Å². The number of aromatic nitrogens is 2. The Labute approximate surface area is 65.3 Å². The smallest absolute Gasteiger partial charge is 0.213 e. The minimum atomic E-state index is 0.146. The van der Waals surface area contributed by atoms with Crippen LogP contribution >= 0.6 is 0 Å². The van der Waals surface area contributed by atoms with Crippen molar-refractivity contribution >= 4 is 0 Å². The lowest BCUT2D eigenvalue weighted by Crippen LogP contribution is -2.16. The first-order valence-corrected chi connectivity index (χ1v) is 3.42. The van der Waals surface area contributed by atoms with Crippen LogP contribution < -0.4 is 5.73 Å². The Morgan fingerprint density at radius 1 is 1.91 bits per heavy atom. The van der Waals surface area contributed by atoms with Crippen LogP contribution in [0.2, 0.25) is 0 Å². The normalized spacial score (nSPS) is 12.5. The summed E-state index contributed by atoms with van der Waals surface area (Å²) >= 11 is 0. The molecule has 0 aliphatic heterocycles. The molecule has 4 nitrogen and oxygen atoms in total. The number of nitrogens with two attached hydrogens (primary N) is 1. The van der Waals surface area contributed by atoms with E-state index in [0.717, 1.165) is 0 Å². The summed E-state index contributed by atoms with van der Waals surface area (Å²) in [6.45, 7) is 2.47. The van der Waals surface area contributed by atoms with Crippen molar-refractivity contribution in [3.8, 4) is 6.07 Å². The van der Waals surface area contributed by atoms with Gasteiger partial charge in [-0.25, -0.2) is 4.98 Å². The van der Waals surface area contributed by atoms with Crippen LogP contribution in [0.25, 0.3) is 0 Å². The molecule has 1 heterocycles. The highest BCUT2D eigenvalue weighted by atomic mass is 15.1. The highest BCUT2D eigenvalue weighted by Gasteiger charge is 2.06.